The predicted molar refractivity (Wildman–Crippen MR) is 134 cm³/mol. The third kappa shape index (κ3) is 4.59. The van der Waals surface area contributed by atoms with Gasteiger partial charge in [0.15, 0.2) is 5.17 Å². The molecule has 34 heavy (non-hydrogen) atoms. The van der Waals surface area contributed by atoms with Gasteiger partial charge >= 0.3 is 5.97 Å². The predicted octanol–water partition coefficient (Wildman–Crippen LogP) is 4.50. The maximum Gasteiger partial charge on any atom is 0.338 e. The zero-order valence-corrected chi connectivity index (χ0v) is 20.2. The Kier molecular flexibility index (Phi) is 7.37. The number of fused-ring (bicyclic) bond motifs is 1. The largest absolute Gasteiger partial charge is 0.496 e. The van der Waals surface area contributed by atoms with Gasteiger partial charge in [0, 0.05) is 23.4 Å². The zero-order chi connectivity index (χ0) is 24.1. The molecule has 0 fully saturated rings. The molecule has 0 saturated heterocycles. The molecule has 2 aromatic carbocycles. The number of amidine groups is 1. The topological polar surface area (TPSA) is 80.2 Å². The second-order valence-corrected chi connectivity index (χ2v) is 8.45. The number of ether oxygens (including phenoxy) is 2. The summed E-state index contributed by atoms with van der Waals surface area (Å²) in [6.07, 6.45) is 0.169. The summed E-state index contributed by atoms with van der Waals surface area (Å²) in [7, 11) is 1.60. The minimum Gasteiger partial charge on any atom is -0.496 e. The van der Waals surface area contributed by atoms with Crippen molar-refractivity contribution in [2.45, 2.75) is 26.3 Å². The molecule has 2 heterocycles. The summed E-state index contributed by atoms with van der Waals surface area (Å²) in [5.74, 6) is 0.0939. The van der Waals surface area contributed by atoms with Crippen molar-refractivity contribution < 1.29 is 19.1 Å². The number of hydrogen-bond acceptors (Lipinski definition) is 7. The summed E-state index contributed by atoms with van der Waals surface area (Å²) in [6, 6.07) is 16.6. The maximum atomic E-state index is 13.5. The van der Waals surface area contributed by atoms with E-state index in [1.54, 1.807) is 14.0 Å². The Bertz CT molecular complexity index is 1170. The van der Waals surface area contributed by atoms with Gasteiger partial charge in [0.25, 0.3) is 0 Å². The van der Waals surface area contributed by atoms with Gasteiger partial charge in [0.1, 0.15) is 5.75 Å². The number of hydrogen-bond donors (Lipinski definition) is 1. The first-order valence-electron chi connectivity index (χ1n) is 11.2. The van der Waals surface area contributed by atoms with Crippen molar-refractivity contribution in [3.8, 4) is 5.75 Å². The molecule has 2 aromatic rings. The third-order valence-corrected chi connectivity index (χ3v) is 6.39. The van der Waals surface area contributed by atoms with Crippen LogP contribution in [0.25, 0.3) is 5.70 Å². The average molecular weight is 478 g/mol. The van der Waals surface area contributed by atoms with Crippen LogP contribution in [0.5, 0.6) is 5.75 Å². The second kappa shape index (κ2) is 10.6. The summed E-state index contributed by atoms with van der Waals surface area (Å²) in [5, 5.41) is 5.47. The highest BCUT2D eigenvalue weighted by Gasteiger charge is 2.43. The number of methoxy groups -OCH3 is 1. The lowest BCUT2D eigenvalue weighted by Gasteiger charge is -2.37. The lowest BCUT2D eigenvalue weighted by molar-refractivity contribution is -0.139. The van der Waals surface area contributed by atoms with E-state index in [0.29, 0.717) is 28.7 Å². The maximum absolute atomic E-state index is 13.5. The first kappa shape index (κ1) is 23.6. The van der Waals surface area contributed by atoms with Crippen molar-refractivity contribution >= 4 is 34.5 Å². The molecule has 1 atom stereocenters. The van der Waals surface area contributed by atoms with Crippen LogP contribution in [0.4, 0.5) is 0 Å². The van der Waals surface area contributed by atoms with Gasteiger partial charge in [0.05, 0.1) is 37.4 Å². The van der Waals surface area contributed by atoms with Gasteiger partial charge in [-0.15, -0.1) is 0 Å². The van der Waals surface area contributed by atoms with Gasteiger partial charge in [0.2, 0.25) is 5.91 Å². The highest BCUT2D eigenvalue weighted by atomic mass is 32.2. The summed E-state index contributed by atoms with van der Waals surface area (Å²) in [5.41, 5.74) is 3.33. The first-order valence-corrected chi connectivity index (χ1v) is 12.1. The molecule has 0 aliphatic carbocycles. The second-order valence-electron chi connectivity index (χ2n) is 7.61. The van der Waals surface area contributed by atoms with E-state index in [2.05, 4.69) is 5.32 Å². The number of esters is 1. The fraction of sp³-hybridized carbons (Fsp3) is 0.269. The summed E-state index contributed by atoms with van der Waals surface area (Å²) in [4.78, 5) is 32.8. The third-order valence-electron chi connectivity index (χ3n) is 5.50. The van der Waals surface area contributed by atoms with Gasteiger partial charge in [-0.2, -0.15) is 0 Å². The van der Waals surface area contributed by atoms with E-state index in [4.69, 9.17) is 14.5 Å². The van der Waals surface area contributed by atoms with Gasteiger partial charge in [-0.3, -0.25) is 4.79 Å². The van der Waals surface area contributed by atoms with E-state index < -0.39 is 12.0 Å². The monoisotopic (exact) mass is 477 g/mol. The number of nitrogens with zero attached hydrogens (tertiary/aromatic N) is 2. The van der Waals surface area contributed by atoms with Gasteiger partial charge in [-0.05, 0) is 25.3 Å². The number of rotatable bonds is 8. The lowest BCUT2D eigenvalue weighted by Crippen LogP contribution is -2.38. The number of carbonyl (C=O) groups excluding carboxylic acids is 2. The molecule has 1 N–H and O–H groups in total. The van der Waals surface area contributed by atoms with Gasteiger partial charge in [-0.1, -0.05) is 60.3 Å². The van der Waals surface area contributed by atoms with E-state index in [1.165, 1.54) is 11.8 Å². The molecule has 1 unspecified atom stereocenters. The Morgan fingerprint density at radius 1 is 1.09 bits per heavy atom. The Morgan fingerprint density at radius 3 is 2.53 bits per heavy atom. The quantitative estimate of drug-likeness (QED) is 0.564. The number of aliphatic imine (C=N–C) groups is 1. The molecule has 1 amide bonds. The summed E-state index contributed by atoms with van der Waals surface area (Å²) < 4.78 is 11.2. The zero-order valence-electron chi connectivity index (χ0n) is 19.4. The van der Waals surface area contributed by atoms with E-state index in [0.717, 1.165) is 16.8 Å². The number of carbonyl (C=O) groups is 2. The summed E-state index contributed by atoms with van der Waals surface area (Å²) in [6.45, 7) is 4.44. The Hall–Kier alpha value is -3.52. The first-order chi connectivity index (χ1) is 16.6. The van der Waals surface area contributed by atoms with E-state index >= 15 is 0 Å². The number of amides is 1. The number of para-hydroxylation sites is 1. The van der Waals surface area contributed by atoms with Gasteiger partial charge in [-0.25, -0.2) is 9.79 Å². The van der Waals surface area contributed by atoms with Crippen molar-refractivity contribution in [3.05, 3.63) is 82.4 Å². The molecular formula is C26H27N3O4S. The van der Waals surface area contributed by atoms with Crippen LogP contribution in [0.2, 0.25) is 0 Å². The fourth-order valence-corrected chi connectivity index (χ4v) is 5.02. The van der Waals surface area contributed by atoms with E-state index in [9.17, 15) is 9.59 Å². The molecule has 0 aromatic heterocycles. The van der Waals surface area contributed by atoms with E-state index in [-0.39, 0.29) is 18.9 Å². The van der Waals surface area contributed by atoms with Crippen LogP contribution in [-0.2, 0) is 14.3 Å². The lowest BCUT2D eigenvalue weighted by atomic mass is 9.91. The molecule has 7 nitrogen and oxygen atoms in total. The molecule has 0 spiro atoms. The highest BCUT2D eigenvalue weighted by Crippen LogP contribution is 2.48. The van der Waals surface area contributed by atoms with Crippen LogP contribution in [0, 0.1) is 0 Å². The smallest absolute Gasteiger partial charge is 0.338 e. The Morgan fingerprint density at radius 2 is 1.82 bits per heavy atom. The van der Waals surface area contributed by atoms with Crippen LogP contribution < -0.4 is 10.1 Å². The van der Waals surface area contributed by atoms with Crippen molar-refractivity contribution in [2.24, 2.45) is 4.99 Å². The molecular weight excluding hydrogens is 450 g/mol. The normalized spacial score (nSPS) is 17.0. The van der Waals surface area contributed by atoms with Crippen LogP contribution in [-0.4, -0.2) is 42.2 Å². The number of thioether (sulfide) groups is 1. The summed E-state index contributed by atoms with van der Waals surface area (Å²) >= 11 is 1.44. The van der Waals surface area contributed by atoms with Crippen molar-refractivity contribution in [3.63, 3.8) is 0 Å². The molecule has 0 bridgehead atoms. The fourth-order valence-electron chi connectivity index (χ4n) is 4.10. The molecule has 2 aliphatic rings. The minimum atomic E-state index is -0.575. The van der Waals surface area contributed by atoms with Crippen molar-refractivity contribution in [1.29, 1.82) is 0 Å². The van der Waals surface area contributed by atoms with Crippen LogP contribution in [0.1, 0.15) is 37.4 Å². The average Bonchev–Trinajstić information content (AvgIpc) is 3.25. The van der Waals surface area contributed by atoms with Crippen molar-refractivity contribution in [1.82, 2.24) is 10.2 Å². The molecule has 4 rings (SSSR count). The highest BCUT2D eigenvalue weighted by molar-refractivity contribution is 8.16. The molecule has 176 valence electrons. The Balaban J connectivity index is 1.93. The van der Waals surface area contributed by atoms with Gasteiger partial charge < -0.3 is 19.7 Å². The standard InChI is InChI=1S/C26H27N3O4S/c1-4-27-21(30)15-18-16-34-26-28-23(17-11-7-6-8-12-17)22(25(31)33-5-2)24(29(18)26)19-13-9-10-14-20(19)32-3/h6-14,16,24H,4-5,15H2,1-3H3,(H,27,30). The van der Waals surface area contributed by atoms with Crippen LogP contribution in [0.15, 0.2) is 76.3 Å². The van der Waals surface area contributed by atoms with Crippen molar-refractivity contribution in [2.75, 3.05) is 20.3 Å². The van der Waals surface area contributed by atoms with Crippen LogP contribution >= 0.6 is 11.8 Å². The number of benzene rings is 2. The number of nitrogens with one attached hydrogen (secondary N) is 1. The van der Waals surface area contributed by atoms with Crippen LogP contribution in [0.3, 0.4) is 0 Å². The molecule has 0 saturated carbocycles. The molecule has 2 aliphatic heterocycles. The minimum absolute atomic E-state index is 0.0927. The molecule has 0 radical (unpaired) electrons. The molecule has 8 heteroatoms. The Labute approximate surface area is 203 Å². The van der Waals surface area contributed by atoms with E-state index in [1.807, 2.05) is 71.8 Å². The SMILES string of the molecule is CCNC(=O)CC1=CSC2=NC(c3ccccc3)=C(C(=O)OCC)C(c3ccccc3OC)N12.